The van der Waals surface area contributed by atoms with Gasteiger partial charge >= 0.3 is 5.97 Å². The Balaban J connectivity index is 1.24. The van der Waals surface area contributed by atoms with Crippen LogP contribution in [0.4, 0.5) is 15.8 Å². The van der Waals surface area contributed by atoms with Crippen LogP contribution < -0.4 is 20.3 Å². The lowest BCUT2D eigenvalue weighted by Crippen LogP contribution is -2.38. The number of aliphatic carboxylic acids is 1. The minimum absolute atomic E-state index is 0.0163. The fourth-order valence-electron chi connectivity index (χ4n) is 4.14. The van der Waals surface area contributed by atoms with E-state index in [4.69, 9.17) is 4.74 Å². The Bertz CT molecular complexity index is 1540. The number of carboxylic acid groups (broad SMARTS) is 1. The summed E-state index contributed by atoms with van der Waals surface area (Å²) in [5.41, 5.74) is 2.86. The lowest BCUT2D eigenvalue weighted by atomic mass is 10.1. The Hall–Kier alpha value is -4.70. The van der Waals surface area contributed by atoms with Crippen molar-refractivity contribution in [3.05, 3.63) is 111 Å². The number of nitrogens with zero attached hydrogens (tertiary/aromatic N) is 1. The summed E-state index contributed by atoms with van der Waals surface area (Å²) in [5, 5.41) is 15.4. The Morgan fingerprint density at radius 3 is 2.46 bits per heavy atom. The third-order valence-corrected chi connectivity index (χ3v) is 7.29. The van der Waals surface area contributed by atoms with Crippen molar-refractivity contribution >= 4 is 40.5 Å². The number of halogens is 1. The fourth-order valence-corrected chi connectivity index (χ4v) is 5.06. The molecule has 1 aromatic heterocycles. The molecule has 1 aliphatic rings. The summed E-state index contributed by atoms with van der Waals surface area (Å²) < 4.78 is 19.0. The molecular weight excluding hydrogens is 521 g/mol. The number of thiophene rings is 1. The number of carboxylic acids is 1. The molecule has 4 aromatic rings. The van der Waals surface area contributed by atoms with E-state index in [0.29, 0.717) is 28.4 Å². The summed E-state index contributed by atoms with van der Waals surface area (Å²) in [6.07, 6.45) is 0. The molecule has 3 N–H and O–H groups in total. The van der Waals surface area contributed by atoms with Gasteiger partial charge in [-0.2, -0.15) is 0 Å². The molecule has 0 saturated carbocycles. The van der Waals surface area contributed by atoms with Crippen molar-refractivity contribution < 1.29 is 28.6 Å². The van der Waals surface area contributed by atoms with Gasteiger partial charge in [-0.25, -0.2) is 9.18 Å². The SMILES string of the molecule is Cc1ccc(C(NC(=O)c2ccc(N3COc4cc(NCc5ccc(F)cc5)ccc4C3=O)cc2)C(=O)O)s1. The van der Waals surface area contributed by atoms with E-state index in [0.717, 1.165) is 16.1 Å². The van der Waals surface area contributed by atoms with Gasteiger partial charge in [0.05, 0.1) is 5.56 Å². The molecule has 2 amide bonds. The lowest BCUT2D eigenvalue weighted by molar-refractivity contribution is -0.139. The number of hydrogen-bond donors (Lipinski definition) is 3. The van der Waals surface area contributed by atoms with Crippen molar-refractivity contribution in [1.29, 1.82) is 0 Å². The highest BCUT2D eigenvalue weighted by Gasteiger charge is 2.28. The van der Waals surface area contributed by atoms with Gasteiger partial charge in [0.2, 0.25) is 0 Å². The molecule has 0 aliphatic carbocycles. The minimum Gasteiger partial charge on any atom is -0.479 e. The minimum atomic E-state index is -1.15. The van der Waals surface area contributed by atoms with Crippen LogP contribution >= 0.6 is 11.3 Å². The maximum atomic E-state index is 13.2. The molecule has 10 heteroatoms. The molecule has 1 aliphatic heterocycles. The first-order chi connectivity index (χ1) is 18.8. The molecule has 0 saturated heterocycles. The van der Waals surface area contributed by atoms with Crippen molar-refractivity contribution in [3.8, 4) is 5.75 Å². The van der Waals surface area contributed by atoms with Crippen LogP contribution in [-0.2, 0) is 11.3 Å². The van der Waals surface area contributed by atoms with E-state index in [-0.39, 0.29) is 24.0 Å². The number of aryl methyl sites for hydroxylation is 1. The van der Waals surface area contributed by atoms with E-state index in [1.165, 1.54) is 40.5 Å². The van der Waals surface area contributed by atoms with Crippen LogP contribution in [0, 0.1) is 12.7 Å². The molecule has 0 radical (unpaired) electrons. The van der Waals surface area contributed by atoms with Gasteiger partial charge in [0.25, 0.3) is 11.8 Å². The van der Waals surface area contributed by atoms with E-state index in [1.54, 1.807) is 54.6 Å². The number of benzene rings is 3. The maximum absolute atomic E-state index is 13.2. The zero-order valence-corrected chi connectivity index (χ0v) is 21.6. The quantitative estimate of drug-likeness (QED) is 0.275. The molecule has 8 nitrogen and oxygen atoms in total. The van der Waals surface area contributed by atoms with Crippen LogP contribution in [0.15, 0.2) is 78.9 Å². The second-order valence-corrected chi connectivity index (χ2v) is 10.3. The second-order valence-electron chi connectivity index (χ2n) is 8.94. The standard InChI is InChI=1S/C29H24FN3O5S/c1-17-2-13-25(39-17)26(29(36)37)32-27(34)19-5-10-22(11-6-19)33-16-38-24-14-21(9-12-23(24)28(33)35)31-15-18-3-7-20(30)8-4-18/h2-14,26,31H,15-16H2,1H3,(H,32,34)(H,36,37). The Labute approximate surface area is 227 Å². The fraction of sp³-hybridized carbons (Fsp3) is 0.138. The third-order valence-electron chi connectivity index (χ3n) is 6.23. The van der Waals surface area contributed by atoms with Crippen LogP contribution in [0.1, 0.15) is 42.1 Å². The average Bonchev–Trinajstić information content (AvgIpc) is 3.37. The summed E-state index contributed by atoms with van der Waals surface area (Å²) in [7, 11) is 0. The van der Waals surface area contributed by atoms with Crippen LogP contribution in [0.2, 0.25) is 0 Å². The highest BCUT2D eigenvalue weighted by Crippen LogP contribution is 2.31. The number of hydrogen-bond acceptors (Lipinski definition) is 6. The topological polar surface area (TPSA) is 108 Å². The first-order valence-corrected chi connectivity index (χ1v) is 12.9. The van der Waals surface area contributed by atoms with Crippen molar-refractivity contribution in [2.75, 3.05) is 16.9 Å². The number of ether oxygens (including phenoxy) is 1. The summed E-state index contributed by atoms with van der Waals surface area (Å²) in [6, 6.07) is 20.0. The van der Waals surface area contributed by atoms with E-state index < -0.39 is 17.9 Å². The van der Waals surface area contributed by atoms with Crippen LogP contribution in [0.5, 0.6) is 5.75 Å². The van der Waals surface area contributed by atoms with Gasteiger partial charge in [-0.15, -0.1) is 11.3 Å². The largest absolute Gasteiger partial charge is 0.479 e. The maximum Gasteiger partial charge on any atom is 0.331 e. The molecule has 1 unspecified atom stereocenters. The van der Waals surface area contributed by atoms with Crippen molar-refractivity contribution in [1.82, 2.24) is 5.32 Å². The summed E-state index contributed by atoms with van der Waals surface area (Å²) >= 11 is 1.31. The Morgan fingerprint density at radius 2 is 1.79 bits per heavy atom. The number of carbonyl (C=O) groups excluding carboxylic acids is 2. The number of amides is 2. The number of anilines is 2. The monoisotopic (exact) mass is 545 g/mol. The first-order valence-electron chi connectivity index (χ1n) is 12.1. The first kappa shape index (κ1) is 25.9. The van der Waals surface area contributed by atoms with Crippen molar-refractivity contribution in [2.45, 2.75) is 19.5 Å². The highest BCUT2D eigenvalue weighted by atomic mass is 32.1. The van der Waals surface area contributed by atoms with Gasteiger partial charge < -0.3 is 20.5 Å². The molecule has 1 atom stereocenters. The van der Waals surface area contributed by atoms with Gasteiger partial charge in [-0.1, -0.05) is 12.1 Å². The van der Waals surface area contributed by atoms with Crippen LogP contribution in [0.25, 0.3) is 0 Å². The molecule has 0 spiro atoms. The van der Waals surface area contributed by atoms with Gasteiger partial charge in [-0.3, -0.25) is 14.5 Å². The van der Waals surface area contributed by atoms with E-state index >= 15 is 0 Å². The molecule has 3 aromatic carbocycles. The second kappa shape index (κ2) is 11.0. The highest BCUT2D eigenvalue weighted by molar-refractivity contribution is 7.12. The molecule has 198 valence electrons. The van der Waals surface area contributed by atoms with Crippen molar-refractivity contribution in [3.63, 3.8) is 0 Å². The van der Waals surface area contributed by atoms with E-state index in [9.17, 15) is 23.9 Å². The van der Waals surface area contributed by atoms with Gasteiger partial charge in [0.15, 0.2) is 12.8 Å². The smallest absolute Gasteiger partial charge is 0.331 e. The molecule has 2 heterocycles. The Kier molecular flexibility index (Phi) is 7.29. The van der Waals surface area contributed by atoms with Gasteiger partial charge in [0, 0.05) is 39.3 Å². The van der Waals surface area contributed by atoms with E-state index in [1.807, 2.05) is 6.92 Å². The predicted octanol–water partition coefficient (Wildman–Crippen LogP) is 5.36. The van der Waals surface area contributed by atoms with Crippen LogP contribution in [0.3, 0.4) is 0 Å². The van der Waals surface area contributed by atoms with Gasteiger partial charge in [0.1, 0.15) is 11.6 Å². The van der Waals surface area contributed by atoms with Crippen molar-refractivity contribution in [2.24, 2.45) is 0 Å². The van der Waals surface area contributed by atoms with Gasteiger partial charge in [-0.05, 0) is 73.2 Å². The summed E-state index contributed by atoms with van der Waals surface area (Å²) in [5.74, 6) is -1.78. The van der Waals surface area contributed by atoms with Crippen LogP contribution in [-0.4, -0.2) is 29.6 Å². The number of carbonyl (C=O) groups is 3. The number of rotatable bonds is 8. The number of fused-ring (bicyclic) bond motifs is 1. The molecule has 0 bridgehead atoms. The normalized spacial score (nSPS) is 13.3. The summed E-state index contributed by atoms with van der Waals surface area (Å²) in [4.78, 5) is 40.6. The zero-order chi connectivity index (χ0) is 27.5. The predicted molar refractivity (Wildman–Crippen MR) is 146 cm³/mol. The molecular formula is C29H24FN3O5S. The molecule has 5 rings (SSSR count). The average molecular weight is 546 g/mol. The summed E-state index contributed by atoms with van der Waals surface area (Å²) in [6.45, 7) is 2.33. The molecule has 39 heavy (non-hydrogen) atoms. The Morgan fingerprint density at radius 1 is 1.05 bits per heavy atom. The third kappa shape index (κ3) is 5.75. The van der Waals surface area contributed by atoms with E-state index in [2.05, 4.69) is 10.6 Å². The molecule has 0 fully saturated rings. The number of nitrogens with one attached hydrogen (secondary N) is 2. The zero-order valence-electron chi connectivity index (χ0n) is 20.8. The lowest BCUT2D eigenvalue weighted by Gasteiger charge is -2.29.